The number of rotatable bonds is 15. The largest absolute Gasteiger partial charge is 0.462 e. The van der Waals surface area contributed by atoms with E-state index < -0.39 is 11.9 Å². The fourth-order valence-corrected chi connectivity index (χ4v) is 2.89. The Hall–Kier alpha value is -1.32. The number of hydrogen-bond acceptors (Lipinski definition) is 4. The number of carbonyl (C=O) groups is 2. The molecule has 27 heavy (non-hydrogen) atoms. The first-order valence-electron chi connectivity index (χ1n) is 10.9. The van der Waals surface area contributed by atoms with Crippen molar-refractivity contribution in [1.82, 2.24) is 0 Å². The van der Waals surface area contributed by atoms with Crippen molar-refractivity contribution in [2.24, 2.45) is 17.8 Å². The predicted octanol–water partition coefficient (Wildman–Crippen LogP) is 6.09. The summed E-state index contributed by atoms with van der Waals surface area (Å²) in [7, 11) is 0. The Labute approximate surface area is 167 Å². The van der Waals surface area contributed by atoms with Gasteiger partial charge in [0, 0.05) is 0 Å². The number of unbranched alkanes of at least 4 members (excludes halogenated alkanes) is 2. The van der Waals surface area contributed by atoms with Crippen LogP contribution in [0, 0.1) is 17.8 Å². The van der Waals surface area contributed by atoms with Crippen LogP contribution in [-0.2, 0) is 19.1 Å². The lowest BCUT2D eigenvalue weighted by molar-refractivity contribution is -0.148. The van der Waals surface area contributed by atoms with E-state index in [-0.39, 0.29) is 11.5 Å². The van der Waals surface area contributed by atoms with Gasteiger partial charge in [0.2, 0.25) is 0 Å². The average molecular weight is 383 g/mol. The quantitative estimate of drug-likeness (QED) is 0.149. The molecule has 0 aromatic heterocycles. The van der Waals surface area contributed by atoms with Crippen molar-refractivity contribution in [3.05, 3.63) is 11.6 Å². The number of allylic oxidation sites excluding steroid dienone is 1. The van der Waals surface area contributed by atoms with Crippen molar-refractivity contribution >= 4 is 11.9 Å². The summed E-state index contributed by atoms with van der Waals surface area (Å²) in [6, 6.07) is 0. The molecule has 0 aliphatic heterocycles. The Morgan fingerprint density at radius 3 is 1.48 bits per heavy atom. The SMILES string of the molecule is CCCC[C@@H](CC)COC(=O)C(=CC(C)C)C(=O)OC[C@@H](CC)CCCC. The summed E-state index contributed by atoms with van der Waals surface area (Å²) in [6.07, 6.45) is 10.2. The van der Waals surface area contributed by atoms with Crippen LogP contribution in [0.25, 0.3) is 0 Å². The van der Waals surface area contributed by atoms with Crippen molar-refractivity contribution in [3.8, 4) is 0 Å². The van der Waals surface area contributed by atoms with Gasteiger partial charge in [-0.25, -0.2) is 9.59 Å². The smallest absolute Gasteiger partial charge is 0.345 e. The van der Waals surface area contributed by atoms with Crippen LogP contribution in [0.4, 0.5) is 0 Å². The van der Waals surface area contributed by atoms with E-state index in [1.165, 1.54) is 0 Å². The Morgan fingerprint density at radius 2 is 1.19 bits per heavy atom. The van der Waals surface area contributed by atoms with E-state index in [1.807, 2.05) is 13.8 Å². The highest BCUT2D eigenvalue weighted by Gasteiger charge is 2.23. The minimum Gasteiger partial charge on any atom is -0.462 e. The van der Waals surface area contributed by atoms with Gasteiger partial charge in [-0.05, 0) is 30.6 Å². The molecule has 0 N–H and O–H groups in total. The predicted molar refractivity (Wildman–Crippen MR) is 111 cm³/mol. The van der Waals surface area contributed by atoms with E-state index in [9.17, 15) is 9.59 Å². The lowest BCUT2D eigenvalue weighted by atomic mass is 10.0. The molecule has 0 rings (SSSR count). The third-order valence-electron chi connectivity index (χ3n) is 4.93. The summed E-state index contributed by atoms with van der Waals surface area (Å²) in [5.41, 5.74) is 0.0423. The molecule has 0 aliphatic rings. The lowest BCUT2D eigenvalue weighted by Gasteiger charge is -2.17. The summed E-state index contributed by atoms with van der Waals surface area (Å²) in [5, 5.41) is 0. The Bertz CT molecular complexity index is 406. The van der Waals surface area contributed by atoms with Crippen molar-refractivity contribution in [1.29, 1.82) is 0 Å². The van der Waals surface area contributed by atoms with Gasteiger partial charge in [0.05, 0.1) is 13.2 Å². The highest BCUT2D eigenvalue weighted by atomic mass is 16.6. The molecule has 0 fully saturated rings. The Morgan fingerprint density at radius 1 is 0.778 bits per heavy atom. The normalized spacial score (nSPS) is 14.1. The highest BCUT2D eigenvalue weighted by Crippen LogP contribution is 2.17. The summed E-state index contributed by atoms with van der Waals surface area (Å²) >= 11 is 0. The molecule has 0 aromatic carbocycles. The molecule has 4 nitrogen and oxygen atoms in total. The highest BCUT2D eigenvalue weighted by molar-refractivity contribution is 6.14. The van der Waals surface area contributed by atoms with Gasteiger partial charge in [-0.3, -0.25) is 0 Å². The molecule has 0 aliphatic carbocycles. The maximum atomic E-state index is 12.5. The minimum atomic E-state index is -0.551. The Kier molecular flexibility index (Phi) is 14.9. The molecule has 0 bridgehead atoms. The van der Waals surface area contributed by atoms with Gasteiger partial charge < -0.3 is 9.47 Å². The van der Waals surface area contributed by atoms with Crippen molar-refractivity contribution < 1.29 is 19.1 Å². The second-order valence-electron chi connectivity index (χ2n) is 7.85. The first-order valence-corrected chi connectivity index (χ1v) is 10.9. The lowest BCUT2D eigenvalue weighted by Crippen LogP contribution is -2.23. The standard InChI is InChI=1S/C23H42O4/c1-7-11-13-19(9-3)16-26-22(24)21(15-18(5)6)23(25)27-17-20(10-4)14-12-8-2/h15,18-20H,7-14,16-17H2,1-6H3/t19-,20+. The zero-order valence-electron chi connectivity index (χ0n) is 18.5. The van der Waals surface area contributed by atoms with Gasteiger partial charge >= 0.3 is 11.9 Å². The second kappa shape index (κ2) is 15.7. The minimum absolute atomic E-state index is 0.0423. The van der Waals surface area contributed by atoms with Crippen LogP contribution >= 0.6 is 0 Å². The van der Waals surface area contributed by atoms with E-state index in [2.05, 4.69) is 27.7 Å². The van der Waals surface area contributed by atoms with E-state index in [0.29, 0.717) is 25.0 Å². The van der Waals surface area contributed by atoms with Crippen LogP contribution in [-0.4, -0.2) is 25.2 Å². The molecular formula is C23H42O4. The number of esters is 2. The maximum Gasteiger partial charge on any atom is 0.345 e. The molecule has 0 amide bonds. The molecule has 0 aromatic rings. The fourth-order valence-electron chi connectivity index (χ4n) is 2.89. The molecule has 0 heterocycles. The van der Waals surface area contributed by atoms with Gasteiger partial charge in [0.15, 0.2) is 0 Å². The van der Waals surface area contributed by atoms with Gasteiger partial charge in [-0.2, -0.15) is 0 Å². The zero-order valence-corrected chi connectivity index (χ0v) is 18.5. The number of ether oxygens (including phenoxy) is 2. The first-order chi connectivity index (χ1) is 12.9. The summed E-state index contributed by atoms with van der Waals surface area (Å²) < 4.78 is 10.9. The molecule has 4 heteroatoms. The molecule has 158 valence electrons. The first kappa shape index (κ1) is 25.7. The van der Waals surface area contributed by atoms with Crippen LogP contribution in [0.1, 0.15) is 92.9 Å². The Balaban J connectivity index is 4.80. The summed E-state index contributed by atoms with van der Waals surface area (Å²) in [4.78, 5) is 25.0. The molecular weight excluding hydrogens is 340 g/mol. The molecule has 0 saturated carbocycles. The van der Waals surface area contributed by atoms with Crippen molar-refractivity contribution in [2.45, 2.75) is 92.9 Å². The second-order valence-corrected chi connectivity index (χ2v) is 7.85. The van der Waals surface area contributed by atoms with E-state index in [4.69, 9.17) is 9.47 Å². The third kappa shape index (κ3) is 11.9. The van der Waals surface area contributed by atoms with Crippen LogP contribution < -0.4 is 0 Å². The molecule has 2 atom stereocenters. The zero-order chi connectivity index (χ0) is 20.7. The molecule has 0 radical (unpaired) electrons. The van der Waals surface area contributed by atoms with Gasteiger partial charge in [-0.15, -0.1) is 0 Å². The van der Waals surface area contributed by atoms with E-state index in [0.717, 1.165) is 51.4 Å². The summed E-state index contributed by atoms with van der Waals surface area (Å²) in [5.74, 6) is -0.327. The van der Waals surface area contributed by atoms with Gasteiger partial charge in [0.1, 0.15) is 5.57 Å². The number of carbonyl (C=O) groups excluding carboxylic acids is 2. The van der Waals surface area contributed by atoms with Crippen molar-refractivity contribution in [2.75, 3.05) is 13.2 Å². The van der Waals surface area contributed by atoms with Crippen LogP contribution in [0.15, 0.2) is 11.6 Å². The molecule has 0 saturated heterocycles. The van der Waals surface area contributed by atoms with Crippen LogP contribution in [0.3, 0.4) is 0 Å². The van der Waals surface area contributed by atoms with Crippen molar-refractivity contribution in [3.63, 3.8) is 0 Å². The van der Waals surface area contributed by atoms with Crippen LogP contribution in [0.5, 0.6) is 0 Å². The third-order valence-corrected chi connectivity index (χ3v) is 4.93. The molecule has 0 unspecified atom stereocenters. The summed E-state index contributed by atoms with van der Waals surface area (Å²) in [6.45, 7) is 13.1. The average Bonchev–Trinajstić information content (AvgIpc) is 2.65. The molecule has 0 spiro atoms. The number of hydrogen-bond donors (Lipinski definition) is 0. The van der Waals surface area contributed by atoms with Gasteiger partial charge in [-0.1, -0.05) is 86.1 Å². The fraction of sp³-hybridized carbons (Fsp3) is 0.826. The maximum absolute atomic E-state index is 12.5. The monoisotopic (exact) mass is 382 g/mol. The topological polar surface area (TPSA) is 52.6 Å². The van der Waals surface area contributed by atoms with Gasteiger partial charge in [0.25, 0.3) is 0 Å². The van der Waals surface area contributed by atoms with E-state index >= 15 is 0 Å². The van der Waals surface area contributed by atoms with E-state index in [1.54, 1.807) is 6.08 Å². The van der Waals surface area contributed by atoms with Crippen LogP contribution in [0.2, 0.25) is 0 Å².